The monoisotopic (exact) mass is 291 g/mol. The zero-order valence-electron chi connectivity index (χ0n) is 9.60. The Morgan fingerprint density at radius 1 is 1.12 bits per heavy atom. The summed E-state index contributed by atoms with van der Waals surface area (Å²) in [6.07, 6.45) is 0. The Labute approximate surface area is 110 Å². The Bertz CT molecular complexity index is 499. The summed E-state index contributed by atoms with van der Waals surface area (Å²) in [7, 11) is 2.00. The van der Waals surface area contributed by atoms with E-state index in [0.717, 1.165) is 21.4 Å². The number of benzene rings is 2. The molecule has 2 rings (SSSR count). The molecule has 17 heavy (non-hydrogen) atoms. The zero-order chi connectivity index (χ0) is 12.3. The van der Waals surface area contributed by atoms with Gasteiger partial charge in [0, 0.05) is 28.5 Å². The fraction of sp³-hybridized carbons (Fsp3) is 0.143. The van der Waals surface area contributed by atoms with Crippen LogP contribution in [0.2, 0.25) is 0 Å². The number of nitrogens with zero attached hydrogens (tertiary/aromatic N) is 1. The topological polar surface area (TPSA) is 23.5 Å². The maximum absolute atomic E-state index is 9.36. The normalized spacial score (nSPS) is 10.3. The van der Waals surface area contributed by atoms with Crippen LogP contribution in [0.3, 0.4) is 0 Å². The molecule has 88 valence electrons. The van der Waals surface area contributed by atoms with E-state index in [9.17, 15) is 5.11 Å². The number of hydrogen-bond acceptors (Lipinski definition) is 2. The number of para-hydroxylation sites is 1. The summed E-state index contributed by atoms with van der Waals surface area (Å²) in [4.78, 5) is 2.07. The van der Waals surface area contributed by atoms with Crippen molar-refractivity contribution in [3.8, 4) is 0 Å². The van der Waals surface area contributed by atoms with Crippen molar-refractivity contribution in [1.82, 2.24) is 0 Å². The average molecular weight is 292 g/mol. The van der Waals surface area contributed by atoms with Gasteiger partial charge in [0.15, 0.2) is 0 Å². The van der Waals surface area contributed by atoms with Crippen molar-refractivity contribution in [3.05, 3.63) is 58.6 Å². The highest BCUT2D eigenvalue weighted by atomic mass is 79.9. The molecule has 0 radical (unpaired) electrons. The Balaban J connectivity index is 2.43. The molecule has 0 saturated carbocycles. The maximum Gasteiger partial charge on any atom is 0.0702 e. The molecule has 0 saturated heterocycles. The Morgan fingerprint density at radius 2 is 1.82 bits per heavy atom. The summed E-state index contributed by atoms with van der Waals surface area (Å²) in [5.41, 5.74) is 3.02. The maximum atomic E-state index is 9.36. The van der Waals surface area contributed by atoms with Gasteiger partial charge in [0.1, 0.15) is 0 Å². The Morgan fingerprint density at radius 3 is 2.47 bits per heavy atom. The predicted octanol–water partition coefficient (Wildman–Crippen LogP) is 3.71. The van der Waals surface area contributed by atoms with Gasteiger partial charge in [-0.2, -0.15) is 0 Å². The second-order valence-corrected chi connectivity index (χ2v) is 4.74. The summed E-state index contributed by atoms with van der Waals surface area (Å²) in [5.74, 6) is 0. The third-order valence-corrected chi connectivity index (χ3v) is 3.22. The second kappa shape index (κ2) is 5.34. The quantitative estimate of drug-likeness (QED) is 0.932. The molecule has 2 aromatic carbocycles. The smallest absolute Gasteiger partial charge is 0.0702 e. The van der Waals surface area contributed by atoms with Crippen LogP contribution < -0.4 is 4.90 Å². The molecule has 0 fully saturated rings. The highest BCUT2D eigenvalue weighted by Gasteiger charge is 2.08. The minimum absolute atomic E-state index is 0.0415. The van der Waals surface area contributed by atoms with Crippen LogP contribution in [0.4, 0.5) is 11.4 Å². The first kappa shape index (κ1) is 12.1. The molecule has 0 spiro atoms. The van der Waals surface area contributed by atoms with Crippen LogP contribution in [0, 0.1) is 0 Å². The van der Waals surface area contributed by atoms with E-state index in [1.54, 1.807) is 0 Å². The van der Waals surface area contributed by atoms with Crippen LogP contribution >= 0.6 is 15.9 Å². The summed E-state index contributed by atoms with van der Waals surface area (Å²) in [6, 6.07) is 16.0. The number of halogens is 1. The van der Waals surface area contributed by atoms with Gasteiger partial charge < -0.3 is 10.0 Å². The molecule has 0 amide bonds. The fourth-order valence-corrected chi connectivity index (χ4v) is 2.12. The first-order valence-electron chi connectivity index (χ1n) is 5.40. The van der Waals surface area contributed by atoms with E-state index in [1.807, 2.05) is 55.6 Å². The molecule has 0 atom stereocenters. The second-order valence-electron chi connectivity index (χ2n) is 3.83. The molecule has 0 aliphatic rings. The molecule has 0 unspecified atom stereocenters. The van der Waals surface area contributed by atoms with Crippen LogP contribution in [-0.4, -0.2) is 12.2 Å². The van der Waals surface area contributed by atoms with Crippen molar-refractivity contribution >= 4 is 27.3 Å². The fourth-order valence-electron chi connectivity index (χ4n) is 1.77. The van der Waals surface area contributed by atoms with E-state index in [4.69, 9.17) is 0 Å². The van der Waals surface area contributed by atoms with Crippen molar-refractivity contribution < 1.29 is 5.11 Å². The minimum Gasteiger partial charge on any atom is -0.392 e. The van der Waals surface area contributed by atoms with Gasteiger partial charge in [-0.05, 0) is 24.3 Å². The lowest BCUT2D eigenvalue weighted by Gasteiger charge is -2.22. The van der Waals surface area contributed by atoms with Crippen LogP contribution in [0.1, 0.15) is 5.56 Å². The molecule has 0 aromatic heterocycles. The van der Waals surface area contributed by atoms with Gasteiger partial charge in [-0.1, -0.05) is 40.2 Å². The molecule has 2 aromatic rings. The van der Waals surface area contributed by atoms with E-state index in [-0.39, 0.29) is 6.61 Å². The first-order valence-corrected chi connectivity index (χ1v) is 6.19. The minimum atomic E-state index is 0.0415. The Hall–Kier alpha value is -1.32. The number of aliphatic hydroxyl groups is 1. The summed E-state index contributed by atoms with van der Waals surface area (Å²) >= 11 is 3.46. The van der Waals surface area contributed by atoms with Crippen LogP contribution in [0.25, 0.3) is 0 Å². The highest BCUT2D eigenvalue weighted by molar-refractivity contribution is 9.10. The predicted molar refractivity (Wildman–Crippen MR) is 74.6 cm³/mol. The molecule has 0 heterocycles. The van der Waals surface area contributed by atoms with Gasteiger partial charge in [-0.3, -0.25) is 0 Å². The lowest BCUT2D eigenvalue weighted by atomic mass is 10.1. The van der Waals surface area contributed by atoms with Gasteiger partial charge in [-0.15, -0.1) is 0 Å². The molecule has 0 aliphatic carbocycles. The Kier molecular flexibility index (Phi) is 3.82. The van der Waals surface area contributed by atoms with Crippen LogP contribution in [0.5, 0.6) is 0 Å². The van der Waals surface area contributed by atoms with Crippen LogP contribution in [-0.2, 0) is 6.61 Å². The average Bonchev–Trinajstić information content (AvgIpc) is 2.39. The van der Waals surface area contributed by atoms with Gasteiger partial charge in [0.05, 0.1) is 6.61 Å². The van der Waals surface area contributed by atoms with Crippen molar-refractivity contribution in [2.24, 2.45) is 0 Å². The molecule has 2 nitrogen and oxygen atoms in total. The standard InChI is InChI=1S/C14H14BrNO/c1-16(13-5-3-2-4-6-13)14-9-12(15)8-7-11(14)10-17/h2-9,17H,10H2,1H3. The molecule has 3 heteroatoms. The van der Waals surface area contributed by atoms with Crippen LogP contribution in [0.15, 0.2) is 53.0 Å². The number of aliphatic hydroxyl groups excluding tert-OH is 1. The van der Waals surface area contributed by atoms with Gasteiger partial charge >= 0.3 is 0 Å². The molecular weight excluding hydrogens is 278 g/mol. The van der Waals surface area contributed by atoms with E-state index >= 15 is 0 Å². The van der Waals surface area contributed by atoms with Crippen molar-refractivity contribution in [2.75, 3.05) is 11.9 Å². The van der Waals surface area contributed by atoms with Crippen molar-refractivity contribution in [2.45, 2.75) is 6.61 Å². The third-order valence-electron chi connectivity index (χ3n) is 2.72. The van der Waals surface area contributed by atoms with Gasteiger partial charge in [0.25, 0.3) is 0 Å². The first-order chi connectivity index (χ1) is 8.22. The van der Waals surface area contributed by atoms with E-state index < -0.39 is 0 Å². The molecule has 1 N–H and O–H groups in total. The van der Waals surface area contributed by atoms with Gasteiger partial charge in [0.2, 0.25) is 0 Å². The van der Waals surface area contributed by atoms with E-state index in [2.05, 4.69) is 20.8 Å². The van der Waals surface area contributed by atoms with Crippen molar-refractivity contribution in [3.63, 3.8) is 0 Å². The summed E-state index contributed by atoms with van der Waals surface area (Å²) < 4.78 is 1.01. The molecular formula is C14H14BrNO. The van der Waals surface area contributed by atoms with Gasteiger partial charge in [-0.25, -0.2) is 0 Å². The SMILES string of the molecule is CN(c1ccccc1)c1cc(Br)ccc1CO. The number of anilines is 2. The summed E-state index contributed by atoms with van der Waals surface area (Å²) in [5, 5.41) is 9.36. The number of hydrogen-bond donors (Lipinski definition) is 1. The molecule has 0 bridgehead atoms. The largest absolute Gasteiger partial charge is 0.392 e. The zero-order valence-corrected chi connectivity index (χ0v) is 11.2. The molecule has 0 aliphatic heterocycles. The summed E-state index contributed by atoms with van der Waals surface area (Å²) in [6.45, 7) is 0.0415. The lowest BCUT2D eigenvalue weighted by Crippen LogP contribution is -2.11. The number of rotatable bonds is 3. The van der Waals surface area contributed by atoms with Crippen molar-refractivity contribution in [1.29, 1.82) is 0 Å². The van der Waals surface area contributed by atoms with E-state index in [1.165, 1.54) is 0 Å². The lowest BCUT2D eigenvalue weighted by molar-refractivity contribution is 0.282. The van der Waals surface area contributed by atoms with E-state index in [0.29, 0.717) is 0 Å². The highest BCUT2D eigenvalue weighted by Crippen LogP contribution is 2.29. The third kappa shape index (κ3) is 2.68.